The number of carbonyl (C=O) groups excluding carboxylic acids is 1. The Morgan fingerprint density at radius 3 is 1.32 bits per heavy atom. The van der Waals surface area contributed by atoms with Gasteiger partial charge in [0.1, 0.15) is 13.2 Å². The summed E-state index contributed by atoms with van der Waals surface area (Å²) in [5, 5.41) is 13.8. The van der Waals surface area contributed by atoms with Crippen LogP contribution in [0.4, 0.5) is 0 Å². The zero-order chi connectivity index (χ0) is 46.4. The molecule has 370 valence electrons. The number of allylic oxidation sites excluding steroid dienone is 7. The van der Waals surface area contributed by atoms with Gasteiger partial charge < -0.3 is 28.8 Å². The van der Waals surface area contributed by atoms with Crippen LogP contribution in [0.1, 0.15) is 239 Å². The third-order valence-corrected chi connectivity index (χ3v) is 12.7. The second-order valence-corrected chi connectivity index (χ2v) is 20.6. The molecule has 0 aromatic rings. The van der Waals surface area contributed by atoms with E-state index in [0.29, 0.717) is 17.4 Å². The normalized spacial score (nSPS) is 14.5. The first kappa shape index (κ1) is 61.5. The van der Waals surface area contributed by atoms with Crippen LogP contribution in [0.2, 0.25) is 0 Å². The molecule has 63 heavy (non-hydrogen) atoms. The number of unbranched alkanes of at least 4 members (excludes halogenated alkanes) is 29. The molecular formula is C54H103N2O6P. The van der Waals surface area contributed by atoms with Crippen molar-refractivity contribution in [2.75, 3.05) is 40.9 Å². The summed E-state index contributed by atoms with van der Waals surface area (Å²) in [7, 11) is 1.23. The molecule has 0 fully saturated rings. The van der Waals surface area contributed by atoms with E-state index in [-0.39, 0.29) is 12.5 Å². The number of rotatable bonds is 48. The molecule has 0 radical (unpaired) electrons. The quantitative estimate of drug-likeness (QED) is 0.0272. The molecule has 0 saturated heterocycles. The van der Waals surface area contributed by atoms with Crippen LogP contribution < -0.4 is 10.2 Å². The minimum Gasteiger partial charge on any atom is -0.756 e. The zero-order valence-electron chi connectivity index (χ0n) is 42.0. The number of aliphatic hydroxyl groups is 1. The Kier molecular flexibility index (Phi) is 44.5. The molecule has 3 unspecified atom stereocenters. The molecule has 0 rings (SSSR count). The fraction of sp³-hybridized carbons (Fsp3) is 0.833. The Balaban J connectivity index is 4.16. The molecule has 0 aliphatic carbocycles. The third kappa shape index (κ3) is 48.2. The molecule has 0 aromatic heterocycles. The van der Waals surface area contributed by atoms with Crippen molar-refractivity contribution in [2.24, 2.45) is 0 Å². The van der Waals surface area contributed by atoms with Crippen LogP contribution in [0.3, 0.4) is 0 Å². The van der Waals surface area contributed by atoms with Crippen LogP contribution in [0.15, 0.2) is 48.6 Å². The average Bonchev–Trinajstić information content (AvgIpc) is 3.24. The smallest absolute Gasteiger partial charge is 0.268 e. The van der Waals surface area contributed by atoms with Crippen molar-refractivity contribution in [2.45, 2.75) is 251 Å². The molecule has 9 heteroatoms. The highest BCUT2D eigenvalue weighted by molar-refractivity contribution is 7.45. The predicted octanol–water partition coefficient (Wildman–Crippen LogP) is 15.0. The van der Waals surface area contributed by atoms with Gasteiger partial charge in [0, 0.05) is 6.42 Å². The number of quaternary nitrogens is 1. The van der Waals surface area contributed by atoms with Gasteiger partial charge in [-0.25, -0.2) is 0 Å². The second-order valence-electron chi connectivity index (χ2n) is 19.2. The SMILES string of the molecule is CCCCC/C=C/CC/C=C/CC/C=C/C(O)C(COP(=O)([O-])OCC[N+](C)(C)C)NC(=O)CCCCCCCCCCCCCC/C=C\CCCCCCCCCCCCCC. The summed E-state index contributed by atoms with van der Waals surface area (Å²) in [5.41, 5.74) is 0. The van der Waals surface area contributed by atoms with E-state index in [1.807, 2.05) is 27.2 Å². The number of phosphoric ester groups is 1. The second kappa shape index (κ2) is 45.6. The molecule has 0 bridgehead atoms. The van der Waals surface area contributed by atoms with Gasteiger partial charge >= 0.3 is 0 Å². The number of hydrogen-bond donors (Lipinski definition) is 2. The highest BCUT2D eigenvalue weighted by atomic mass is 31.2. The van der Waals surface area contributed by atoms with Crippen LogP contribution >= 0.6 is 7.82 Å². The standard InChI is InChI=1S/C54H103N2O6P/c1-6-8-10-12-14-16-18-20-21-22-23-24-25-26-27-28-29-30-31-32-33-34-36-38-40-42-44-46-48-54(58)55-52(51-62-63(59,60)61-50-49-56(3,4)5)53(57)47-45-43-41-39-37-35-19-17-15-13-11-9-7-2/h15,17,26-27,37,39,45,47,52-53,57H,6-14,16,18-25,28-36,38,40-44,46,48-51H2,1-5H3,(H-,55,58,59,60)/b17-15+,27-26-,39-37+,47-45+. The summed E-state index contributed by atoms with van der Waals surface area (Å²) in [6.45, 7) is 4.59. The Morgan fingerprint density at radius 1 is 0.540 bits per heavy atom. The number of aliphatic hydroxyl groups excluding tert-OH is 1. The molecule has 3 atom stereocenters. The summed E-state index contributed by atoms with van der Waals surface area (Å²) in [4.78, 5) is 25.4. The maximum Gasteiger partial charge on any atom is 0.268 e. The minimum absolute atomic E-state index is 0.00958. The number of phosphoric acid groups is 1. The van der Waals surface area contributed by atoms with Crippen molar-refractivity contribution in [1.82, 2.24) is 5.32 Å². The molecule has 0 aromatic carbocycles. The van der Waals surface area contributed by atoms with E-state index in [2.05, 4.69) is 55.6 Å². The summed E-state index contributed by atoms with van der Waals surface area (Å²) in [6.07, 6.45) is 59.1. The summed E-state index contributed by atoms with van der Waals surface area (Å²) < 4.78 is 23.2. The van der Waals surface area contributed by atoms with E-state index in [9.17, 15) is 19.4 Å². The van der Waals surface area contributed by atoms with Gasteiger partial charge in [-0.2, -0.15) is 0 Å². The lowest BCUT2D eigenvalue weighted by Gasteiger charge is -2.29. The van der Waals surface area contributed by atoms with Gasteiger partial charge in [0.2, 0.25) is 5.91 Å². The predicted molar refractivity (Wildman–Crippen MR) is 270 cm³/mol. The van der Waals surface area contributed by atoms with Crippen LogP contribution in [0, 0.1) is 0 Å². The molecule has 0 heterocycles. The summed E-state index contributed by atoms with van der Waals surface area (Å²) in [6, 6.07) is -0.909. The molecular weight excluding hydrogens is 804 g/mol. The Morgan fingerprint density at radius 2 is 0.889 bits per heavy atom. The Bertz CT molecular complexity index is 1170. The Hall–Kier alpha value is -1.54. The van der Waals surface area contributed by atoms with E-state index >= 15 is 0 Å². The van der Waals surface area contributed by atoms with E-state index in [1.54, 1.807) is 6.08 Å². The van der Waals surface area contributed by atoms with E-state index in [4.69, 9.17) is 9.05 Å². The number of hydrogen-bond acceptors (Lipinski definition) is 6. The van der Waals surface area contributed by atoms with Crippen LogP contribution in [-0.2, 0) is 18.4 Å². The topological polar surface area (TPSA) is 108 Å². The maximum absolute atomic E-state index is 12.9. The lowest BCUT2D eigenvalue weighted by atomic mass is 10.0. The molecule has 1 amide bonds. The van der Waals surface area contributed by atoms with Crippen molar-refractivity contribution in [3.63, 3.8) is 0 Å². The Labute approximate surface area is 390 Å². The molecule has 0 saturated carbocycles. The molecule has 8 nitrogen and oxygen atoms in total. The van der Waals surface area contributed by atoms with Crippen molar-refractivity contribution in [3.05, 3.63) is 48.6 Å². The number of nitrogens with one attached hydrogen (secondary N) is 1. The fourth-order valence-corrected chi connectivity index (χ4v) is 8.26. The van der Waals surface area contributed by atoms with Crippen molar-refractivity contribution in [3.8, 4) is 0 Å². The van der Waals surface area contributed by atoms with Crippen LogP contribution in [-0.4, -0.2) is 68.5 Å². The van der Waals surface area contributed by atoms with Gasteiger partial charge in [0.05, 0.1) is 39.9 Å². The number of likely N-dealkylation sites (N-methyl/N-ethyl adjacent to an activating group) is 1. The van der Waals surface area contributed by atoms with Gasteiger partial charge in [-0.05, 0) is 70.6 Å². The van der Waals surface area contributed by atoms with E-state index < -0.39 is 26.6 Å². The largest absolute Gasteiger partial charge is 0.756 e. The first-order valence-corrected chi connectivity index (χ1v) is 28.0. The zero-order valence-corrected chi connectivity index (χ0v) is 42.9. The van der Waals surface area contributed by atoms with E-state index in [0.717, 1.165) is 51.4 Å². The lowest BCUT2D eigenvalue weighted by Crippen LogP contribution is -2.45. The first-order chi connectivity index (χ1) is 30.5. The highest BCUT2D eigenvalue weighted by Gasteiger charge is 2.23. The number of nitrogens with zero attached hydrogens (tertiary/aromatic N) is 1. The van der Waals surface area contributed by atoms with Gasteiger partial charge in [-0.15, -0.1) is 0 Å². The number of carbonyl (C=O) groups is 1. The van der Waals surface area contributed by atoms with Gasteiger partial charge in [0.15, 0.2) is 0 Å². The molecule has 0 spiro atoms. The van der Waals surface area contributed by atoms with Gasteiger partial charge in [-0.3, -0.25) is 9.36 Å². The van der Waals surface area contributed by atoms with Gasteiger partial charge in [-0.1, -0.05) is 210 Å². The third-order valence-electron chi connectivity index (χ3n) is 11.7. The highest BCUT2D eigenvalue weighted by Crippen LogP contribution is 2.38. The monoisotopic (exact) mass is 907 g/mol. The van der Waals surface area contributed by atoms with Crippen LogP contribution in [0.5, 0.6) is 0 Å². The van der Waals surface area contributed by atoms with E-state index in [1.165, 1.54) is 167 Å². The summed E-state index contributed by atoms with van der Waals surface area (Å²) >= 11 is 0. The van der Waals surface area contributed by atoms with Crippen LogP contribution in [0.25, 0.3) is 0 Å². The minimum atomic E-state index is -4.60. The maximum atomic E-state index is 12.9. The first-order valence-electron chi connectivity index (χ1n) is 26.5. The molecule has 0 aliphatic heterocycles. The van der Waals surface area contributed by atoms with Crippen molar-refractivity contribution >= 4 is 13.7 Å². The summed E-state index contributed by atoms with van der Waals surface area (Å²) in [5.74, 6) is -0.212. The molecule has 0 aliphatic rings. The lowest BCUT2D eigenvalue weighted by molar-refractivity contribution is -0.870. The van der Waals surface area contributed by atoms with Crippen molar-refractivity contribution < 1.29 is 32.9 Å². The molecule has 2 N–H and O–H groups in total. The number of amides is 1. The van der Waals surface area contributed by atoms with Crippen molar-refractivity contribution in [1.29, 1.82) is 0 Å². The average molecular weight is 907 g/mol. The fourth-order valence-electron chi connectivity index (χ4n) is 7.53. The van der Waals surface area contributed by atoms with Gasteiger partial charge in [0.25, 0.3) is 7.82 Å².